The largest absolute Gasteiger partial charge is 0.309 e. The summed E-state index contributed by atoms with van der Waals surface area (Å²) in [4.78, 5) is 0. The fraction of sp³-hybridized carbons (Fsp3) is 0.500. The summed E-state index contributed by atoms with van der Waals surface area (Å²) in [7, 11) is 0. The molecule has 1 unspecified atom stereocenters. The molecule has 1 heteroatoms. The van der Waals surface area contributed by atoms with Gasteiger partial charge in [0.05, 0.1) is 0 Å². The van der Waals surface area contributed by atoms with Crippen molar-refractivity contribution in [2.75, 3.05) is 0 Å². The van der Waals surface area contributed by atoms with E-state index < -0.39 is 0 Å². The van der Waals surface area contributed by atoms with Gasteiger partial charge >= 0.3 is 0 Å². The molecule has 0 spiro atoms. The predicted molar refractivity (Wildman–Crippen MR) is 51.1 cm³/mol. The van der Waals surface area contributed by atoms with Crippen LogP contribution in [0.2, 0.25) is 0 Å². The van der Waals surface area contributed by atoms with Crippen molar-refractivity contribution in [2.24, 2.45) is 5.92 Å². The van der Waals surface area contributed by atoms with Crippen molar-refractivity contribution in [3.63, 3.8) is 0 Å². The summed E-state index contributed by atoms with van der Waals surface area (Å²) < 4.78 is 0. The highest BCUT2D eigenvalue weighted by molar-refractivity contribution is 5.85. The van der Waals surface area contributed by atoms with Gasteiger partial charge in [-0.3, -0.25) is 0 Å². The Bertz CT molecular complexity index is 187. The number of rotatable bonds is 3. The second kappa shape index (κ2) is 4.89. The highest BCUT2D eigenvalue weighted by Crippen LogP contribution is 2.13. The maximum Gasteiger partial charge on any atom is 0.0349 e. The first-order valence-electron chi connectivity index (χ1n) is 3.94. The van der Waals surface area contributed by atoms with E-state index in [4.69, 9.17) is 5.41 Å². The molecule has 0 aromatic rings. The maximum atomic E-state index is 7.50. The van der Waals surface area contributed by atoms with Gasteiger partial charge in [-0.15, -0.1) is 0 Å². The molecule has 1 atom stereocenters. The van der Waals surface area contributed by atoms with E-state index in [9.17, 15) is 0 Å². The first kappa shape index (κ1) is 10.2. The van der Waals surface area contributed by atoms with Gasteiger partial charge in [-0.05, 0) is 27.7 Å². The normalized spacial score (nSPS) is 15.5. The Morgan fingerprint density at radius 3 is 2.09 bits per heavy atom. The van der Waals surface area contributed by atoms with Crippen LogP contribution in [0.4, 0.5) is 0 Å². The third kappa shape index (κ3) is 3.17. The van der Waals surface area contributed by atoms with Crippen LogP contribution in [0, 0.1) is 11.3 Å². The molecule has 0 saturated carbocycles. The second-order valence-corrected chi connectivity index (χ2v) is 2.72. The Morgan fingerprint density at radius 2 is 1.82 bits per heavy atom. The average molecular weight is 151 g/mol. The molecule has 62 valence electrons. The van der Waals surface area contributed by atoms with Crippen LogP contribution >= 0.6 is 0 Å². The lowest BCUT2D eigenvalue weighted by molar-refractivity contribution is 0.992. The maximum absolute atomic E-state index is 7.50. The van der Waals surface area contributed by atoms with Gasteiger partial charge in [0.2, 0.25) is 0 Å². The lowest BCUT2D eigenvalue weighted by Crippen LogP contribution is -2.07. The van der Waals surface area contributed by atoms with Gasteiger partial charge in [0.1, 0.15) is 0 Å². The quantitative estimate of drug-likeness (QED) is 0.473. The van der Waals surface area contributed by atoms with Gasteiger partial charge < -0.3 is 5.41 Å². The summed E-state index contributed by atoms with van der Waals surface area (Å²) >= 11 is 0. The van der Waals surface area contributed by atoms with Crippen LogP contribution in [-0.4, -0.2) is 5.71 Å². The highest BCUT2D eigenvalue weighted by Gasteiger charge is 2.06. The molecule has 0 amide bonds. The number of hydrogen-bond acceptors (Lipinski definition) is 1. The van der Waals surface area contributed by atoms with Gasteiger partial charge in [0.15, 0.2) is 0 Å². The molecule has 0 bridgehead atoms. The van der Waals surface area contributed by atoms with Gasteiger partial charge in [0.25, 0.3) is 0 Å². The van der Waals surface area contributed by atoms with Crippen LogP contribution in [0.15, 0.2) is 23.8 Å². The molecular weight excluding hydrogens is 134 g/mol. The molecule has 11 heavy (non-hydrogen) atoms. The zero-order valence-electron chi connectivity index (χ0n) is 7.81. The highest BCUT2D eigenvalue weighted by atomic mass is 14.4. The minimum absolute atomic E-state index is 0.213. The lowest BCUT2D eigenvalue weighted by Gasteiger charge is -2.10. The second-order valence-electron chi connectivity index (χ2n) is 2.72. The Hall–Kier alpha value is -0.850. The number of allylic oxidation sites excluding steroid dienone is 4. The van der Waals surface area contributed by atoms with Crippen molar-refractivity contribution < 1.29 is 0 Å². The Balaban J connectivity index is 4.47. The van der Waals surface area contributed by atoms with E-state index in [0.717, 1.165) is 0 Å². The monoisotopic (exact) mass is 151 g/mol. The summed E-state index contributed by atoms with van der Waals surface area (Å²) in [5, 5.41) is 7.50. The summed E-state index contributed by atoms with van der Waals surface area (Å²) in [5.41, 5.74) is 1.95. The molecule has 0 aromatic heterocycles. The summed E-state index contributed by atoms with van der Waals surface area (Å²) in [6.07, 6.45) is 6.11. The number of nitrogens with one attached hydrogen (secondary N) is 1. The van der Waals surface area contributed by atoms with E-state index in [1.165, 1.54) is 5.57 Å². The molecule has 0 fully saturated rings. The molecule has 0 saturated heterocycles. The minimum Gasteiger partial charge on any atom is -0.309 e. The molecule has 0 heterocycles. The van der Waals surface area contributed by atoms with E-state index in [1.54, 1.807) is 0 Å². The SMILES string of the molecule is C/C=C/C(C(C)=N)/C(C)=C/C. The van der Waals surface area contributed by atoms with Gasteiger partial charge in [0, 0.05) is 11.6 Å². The van der Waals surface area contributed by atoms with Crippen molar-refractivity contribution in [3.8, 4) is 0 Å². The van der Waals surface area contributed by atoms with Crippen LogP contribution in [0.5, 0.6) is 0 Å². The van der Waals surface area contributed by atoms with Crippen LogP contribution in [0.3, 0.4) is 0 Å². The zero-order chi connectivity index (χ0) is 8.85. The van der Waals surface area contributed by atoms with Gasteiger partial charge in [-0.1, -0.05) is 23.8 Å². The Morgan fingerprint density at radius 1 is 1.27 bits per heavy atom. The zero-order valence-corrected chi connectivity index (χ0v) is 7.81. The topological polar surface area (TPSA) is 23.9 Å². The molecule has 0 rings (SSSR count). The third-order valence-electron chi connectivity index (χ3n) is 1.80. The van der Waals surface area contributed by atoms with Crippen molar-refractivity contribution >= 4 is 5.71 Å². The van der Waals surface area contributed by atoms with Crippen molar-refractivity contribution in [2.45, 2.75) is 27.7 Å². The molecule has 0 aromatic carbocycles. The molecular formula is C10H17N. The van der Waals surface area contributed by atoms with E-state index in [2.05, 4.69) is 19.1 Å². The Kier molecular flexibility index (Phi) is 4.51. The van der Waals surface area contributed by atoms with E-state index in [-0.39, 0.29) is 5.92 Å². The standard InChI is InChI=1S/C10H17N/c1-5-7-10(9(4)11)8(3)6-2/h5-7,10-11H,1-4H3/b7-5+,8-6+,11-9?. The molecule has 0 aliphatic rings. The first-order valence-corrected chi connectivity index (χ1v) is 3.94. The Labute approximate surface area is 69.3 Å². The molecule has 0 radical (unpaired) electrons. The fourth-order valence-corrected chi connectivity index (χ4v) is 1.01. The third-order valence-corrected chi connectivity index (χ3v) is 1.80. The van der Waals surface area contributed by atoms with Crippen molar-refractivity contribution in [1.82, 2.24) is 0 Å². The molecule has 0 aliphatic heterocycles. The van der Waals surface area contributed by atoms with Crippen LogP contribution in [0.1, 0.15) is 27.7 Å². The number of hydrogen-bond donors (Lipinski definition) is 1. The first-order chi connectivity index (χ1) is 5.13. The van der Waals surface area contributed by atoms with Gasteiger partial charge in [-0.25, -0.2) is 0 Å². The fourth-order valence-electron chi connectivity index (χ4n) is 1.01. The smallest absolute Gasteiger partial charge is 0.0349 e. The summed E-state index contributed by atoms with van der Waals surface area (Å²) in [6.45, 7) is 7.90. The summed E-state index contributed by atoms with van der Waals surface area (Å²) in [6, 6.07) is 0. The van der Waals surface area contributed by atoms with Crippen molar-refractivity contribution in [1.29, 1.82) is 5.41 Å². The molecule has 0 aliphatic carbocycles. The van der Waals surface area contributed by atoms with Crippen molar-refractivity contribution in [3.05, 3.63) is 23.8 Å². The molecule has 1 nitrogen and oxygen atoms in total. The van der Waals surface area contributed by atoms with Crippen LogP contribution in [0.25, 0.3) is 0 Å². The van der Waals surface area contributed by atoms with Crippen LogP contribution in [-0.2, 0) is 0 Å². The van der Waals surface area contributed by atoms with Gasteiger partial charge in [-0.2, -0.15) is 0 Å². The van der Waals surface area contributed by atoms with Crippen LogP contribution < -0.4 is 0 Å². The lowest BCUT2D eigenvalue weighted by atomic mass is 9.95. The van der Waals surface area contributed by atoms with E-state index in [0.29, 0.717) is 5.71 Å². The van der Waals surface area contributed by atoms with E-state index in [1.807, 2.05) is 26.8 Å². The average Bonchev–Trinajstić information content (AvgIpc) is 1.98. The predicted octanol–water partition coefficient (Wildman–Crippen LogP) is 3.18. The summed E-state index contributed by atoms with van der Waals surface area (Å²) in [5.74, 6) is 0.213. The molecule has 1 N–H and O–H groups in total. The van der Waals surface area contributed by atoms with E-state index >= 15 is 0 Å². The minimum atomic E-state index is 0.213.